The molecule has 0 aliphatic rings. The van der Waals surface area contributed by atoms with E-state index in [4.69, 9.17) is 4.74 Å². The lowest BCUT2D eigenvalue weighted by Gasteiger charge is -2.28. The lowest BCUT2D eigenvalue weighted by molar-refractivity contribution is -0.166. The molecule has 0 aromatic carbocycles. The van der Waals surface area contributed by atoms with E-state index in [1.807, 2.05) is 20.8 Å². The Hall–Kier alpha value is -0.710. The Morgan fingerprint density at radius 3 is 2.06 bits per heavy atom. The molecule has 0 bridgehead atoms. The smallest absolute Gasteiger partial charge is 0.324 e. The maximum absolute atomic E-state index is 11.8. The van der Waals surface area contributed by atoms with E-state index in [-0.39, 0.29) is 23.5 Å². The third kappa shape index (κ3) is 4.58. The molecular formula is C12H22O4S. The van der Waals surface area contributed by atoms with E-state index >= 15 is 0 Å². The fraction of sp³-hybridized carbons (Fsp3) is 0.833. The van der Waals surface area contributed by atoms with Gasteiger partial charge in [-0.05, 0) is 13.3 Å². The second-order valence-electron chi connectivity index (χ2n) is 4.86. The minimum absolute atomic E-state index is 0.0810. The van der Waals surface area contributed by atoms with Gasteiger partial charge in [0.2, 0.25) is 0 Å². The molecule has 0 spiro atoms. The number of rotatable bonds is 6. The summed E-state index contributed by atoms with van der Waals surface area (Å²) < 4.78 is 4.81. The van der Waals surface area contributed by atoms with Crippen LogP contribution in [0.1, 0.15) is 41.0 Å². The van der Waals surface area contributed by atoms with Crippen LogP contribution in [-0.4, -0.2) is 34.2 Å². The van der Waals surface area contributed by atoms with Crippen LogP contribution < -0.4 is 0 Å². The number of esters is 1. The maximum Gasteiger partial charge on any atom is 0.324 e. The standard InChI is InChI=1S/C12H22O4S/c1-6-12(9(13)14,10(15)16-7-2)8-17-11(3,4)5/h6-8H2,1-5H3,(H,13,14)/t12-/m0/s1. The lowest BCUT2D eigenvalue weighted by Crippen LogP contribution is -2.43. The van der Waals surface area contributed by atoms with Gasteiger partial charge in [0.1, 0.15) is 0 Å². The Bertz CT molecular complexity index is 283. The maximum atomic E-state index is 11.8. The van der Waals surface area contributed by atoms with Gasteiger partial charge in [0.15, 0.2) is 5.41 Å². The molecule has 1 N–H and O–H groups in total. The van der Waals surface area contributed by atoms with E-state index in [1.165, 1.54) is 11.8 Å². The topological polar surface area (TPSA) is 63.6 Å². The molecule has 17 heavy (non-hydrogen) atoms. The molecule has 0 heterocycles. The second-order valence-corrected chi connectivity index (χ2v) is 6.66. The Balaban J connectivity index is 4.96. The molecule has 0 aromatic rings. The van der Waals surface area contributed by atoms with Crippen molar-refractivity contribution in [3.63, 3.8) is 0 Å². The highest BCUT2D eigenvalue weighted by Crippen LogP contribution is 2.35. The minimum atomic E-state index is -1.42. The third-order valence-corrected chi connectivity index (χ3v) is 3.93. The number of carboxylic acid groups (broad SMARTS) is 1. The second kappa shape index (κ2) is 6.28. The van der Waals surface area contributed by atoms with Gasteiger partial charge in [0.25, 0.3) is 0 Å². The number of carboxylic acids is 1. The first-order valence-electron chi connectivity index (χ1n) is 5.74. The molecular weight excluding hydrogens is 240 g/mol. The van der Waals surface area contributed by atoms with Crippen LogP contribution in [0.5, 0.6) is 0 Å². The van der Waals surface area contributed by atoms with Gasteiger partial charge in [-0.1, -0.05) is 27.7 Å². The highest BCUT2D eigenvalue weighted by Gasteiger charge is 2.46. The normalized spacial score (nSPS) is 15.1. The predicted octanol–water partition coefficient (Wildman–Crippen LogP) is 2.56. The molecule has 0 fully saturated rings. The first kappa shape index (κ1) is 16.3. The summed E-state index contributed by atoms with van der Waals surface area (Å²) in [7, 11) is 0. The number of hydrogen-bond donors (Lipinski definition) is 1. The summed E-state index contributed by atoms with van der Waals surface area (Å²) >= 11 is 1.47. The van der Waals surface area contributed by atoms with Crippen molar-refractivity contribution in [2.45, 2.75) is 45.8 Å². The molecule has 4 nitrogen and oxygen atoms in total. The van der Waals surface area contributed by atoms with Crippen molar-refractivity contribution >= 4 is 23.7 Å². The molecule has 0 rings (SSSR count). The summed E-state index contributed by atoms with van der Waals surface area (Å²) in [6.07, 6.45) is 0.240. The summed E-state index contributed by atoms with van der Waals surface area (Å²) in [5.41, 5.74) is -1.42. The van der Waals surface area contributed by atoms with E-state index < -0.39 is 17.4 Å². The van der Waals surface area contributed by atoms with Gasteiger partial charge in [0, 0.05) is 10.5 Å². The number of carbonyl (C=O) groups excluding carboxylic acids is 1. The van der Waals surface area contributed by atoms with Crippen LogP contribution in [0.15, 0.2) is 0 Å². The van der Waals surface area contributed by atoms with Crippen molar-refractivity contribution in [2.75, 3.05) is 12.4 Å². The van der Waals surface area contributed by atoms with E-state index in [1.54, 1.807) is 13.8 Å². The molecule has 100 valence electrons. The monoisotopic (exact) mass is 262 g/mol. The molecule has 0 amide bonds. The van der Waals surface area contributed by atoms with Crippen LogP contribution in [0.25, 0.3) is 0 Å². The van der Waals surface area contributed by atoms with Crippen molar-refractivity contribution in [3.8, 4) is 0 Å². The highest BCUT2D eigenvalue weighted by molar-refractivity contribution is 8.00. The van der Waals surface area contributed by atoms with Crippen LogP contribution in [0.4, 0.5) is 0 Å². The molecule has 5 heteroatoms. The fourth-order valence-electron chi connectivity index (χ4n) is 1.21. The van der Waals surface area contributed by atoms with Crippen molar-refractivity contribution in [1.82, 2.24) is 0 Å². The van der Waals surface area contributed by atoms with Gasteiger partial charge in [-0.3, -0.25) is 9.59 Å². The molecule has 1 atom stereocenters. The Labute approximate surface area is 107 Å². The van der Waals surface area contributed by atoms with Crippen LogP contribution in [0, 0.1) is 5.41 Å². The summed E-state index contributed by atoms with van der Waals surface area (Å²) in [6.45, 7) is 9.56. The molecule has 0 aromatic heterocycles. The largest absolute Gasteiger partial charge is 0.480 e. The van der Waals surface area contributed by atoms with E-state index in [0.29, 0.717) is 0 Å². The van der Waals surface area contributed by atoms with Gasteiger partial charge in [-0.15, -0.1) is 0 Å². The van der Waals surface area contributed by atoms with E-state index in [0.717, 1.165) is 0 Å². The summed E-state index contributed by atoms with van der Waals surface area (Å²) in [5.74, 6) is -1.50. The predicted molar refractivity (Wildman–Crippen MR) is 69.2 cm³/mol. The first-order valence-corrected chi connectivity index (χ1v) is 6.72. The van der Waals surface area contributed by atoms with Gasteiger partial charge in [-0.2, -0.15) is 11.8 Å². The zero-order valence-electron chi connectivity index (χ0n) is 11.2. The molecule has 0 saturated heterocycles. The van der Waals surface area contributed by atoms with Crippen molar-refractivity contribution < 1.29 is 19.4 Å². The molecule has 0 aliphatic carbocycles. The number of carbonyl (C=O) groups is 2. The summed E-state index contributed by atoms with van der Waals surface area (Å²) in [5, 5.41) is 9.30. The van der Waals surface area contributed by atoms with E-state index in [9.17, 15) is 14.7 Å². The van der Waals surface area contributed by atoms with Crippen LogP contribution in [-0.2, 0) is 14.3 Å². The zero-order chi connectivity index (χ0) is 13.7. The van der Waals surface area contributed by atoms with Crippen LogP contribution in [0.3, 0.4) is 0 Å². The van der Waals surface area contributed by atoms with E-state index in [2.05, 4.69) is 0 Å². The van der Waals surface area contributed by atoms with Crippen molar-refractivity contribution in [1.29, 1.82) is 0 Å². The average molecular weight is 262 g/mol. The highest BCUT2D eigenvalue weighted by atomic mass is 32.2. The van der Waals surface area contributed by atoms with Gasteiger partial charge in [-0.25, -0.2) is 0 Å². The molecule has 0 radical (unpaired) electrons. The number of ether oxygens (including phenoxy) is 1. The summed E-state index contributed by atoms with van der Waals surface area (Å²) in [4.78, 5) is 23.2. The molecule has 0 unspecified atom stereocenters. The minimum Gasteiger partial charge on any atom is -0.480 e. The van der Waals surface area contributed by atoms with Gasteiger partial charge >= 0.3 is 11.9 Å². The Kier molecular flexibility index (Phi) is 6.02. The van der Waals surface area contributed by atoms with Crippen molar-refractivity contribution in [3.05, 3.63) is 0 Å². The third-order valence-electron chi connectivity index (χ3n) is 2.43. The quantitative estimate of drug-likeness (QED) is 0.588. The van der Waals surface area contributed by atoms with Gasteiger partial charge in [0.05, 0.1) is 6.61 Å². The molecule has 0 saturated carbocycles. The lowest BCUT2D eigenvalue weighted by atomic mass is 9.87. The first-order chi connectivity index (χ1) is 7.69. The zero-order valence-corrected chi connectivity index (χ0v) is 12.0. The molecule has 0 aliphatic heterocycles. The number of thioether (sulfide) groups is 1. The van der Waals surface area contributed by atoms with Crippen LogP contribution in [0.2, 0.25) is 0 Å². The SMILES string of the molecule is CCOC(=O)[C@@](CC)(CSC(C)(C)C)C(=O)O. The Morgan fingerprint density at radius 2 is 1.76 bits per heavy atom. The Morgan fingerprint density at radius 1 is 1.24 bits per heavy atom. The fourth-order valence-corrected chi connectivity index (χ4v) is 2.34. The number of hydrogen-bond acceptors (Lipinski definition) is 4. The van der Waals surface area contributed by atoms with Gasteiger partial charge < -0.3 is 9.84 Å². The number of aliphatic carboxylic acids is 1. The average Bonchev–Trinajstić information content (AvgIpc) is 2.17. The van der Waals surface area contributed by atoms with Crippen LogP contribution >= 0.6 is 11.8 Å². The summed E-state index contributed by atoms with van der Waals surface area (Å²) in [6, 6.07) is 0. The van der Waals surface area contributed by atoms with Crippen molar-refractivity contribution in [2.24, 2.45) is 5.41 Å².